The van der Waals surface area contributed by atoms with E-state index in [4.69, 9.17) is 9.60 Å². The molecule has 0 amide bonds. The largest absolute Gasteiger partial charge is 0.390 e. The smallest absolute Gasteiger partial charge is 0.101 e. The molecule has 4 aliphatic rings. The van der Waals surface area contributed by atoms with Crippen LogP contribution in [0.3, 0.4) is 0 Å². The highest BCUT2D eigenvalue weighted by Gasteiger charge is 2.60. The molecule has 0 unspecified atom stereocenters. The molecule has 4 aliphatic carbocycles. The minimum Gasteiger partial charge on any atom is -0.390 e. The topological polar surface area (TPSA) is 40.5 Å². The van der Waals surface area contributed by atoms with Gasteiger partial charge in [0.25, 0.3) is 0 Å². The Morgan fingerprint density at radius 3 is 2.66 bits per heavy atom. The van der Waals surface area contributed by atoms with Crippen LogP contribution in [0.4, 0.5) is 0 Å². The zero-order valence-corrected chi connectivity index (χ0v) is 18.6. The van der Waals surface area contributed by atoms with Crippen LogP contribution in [0.2, 0.25) is 0 Å². The van der Waals surface area contributed by atoms with Crippen molar-refractivity contribution in [2.45, 2.75) is 111 Å². The van der Waals surface area contributed by atoms with Crippen molar-refractivity contribution in [3.8, 4) is 0 Å². The zero-order chi connectivity index (χ0) is 26.9. The van der Waals surface area contributed by atoms with Crippen LogP contribution in [0.15, 0.2) is 11.6 Å². The molecular weight excluding hydrogens is 356 g/mol. The Labute approximate surface area is 189 Å². The lowest BCUT2D eigenvalue weighted by Crippen LogP contribution is -2.53. The molecule has 0 spiro atoms. The van der Waals surface area contributed by atoms with E-state index in [0.717, 1.165) is 44.1 Å². The molecule has 0 heterocycles. The molecule has 4 rings (SSSR count). The first kappa shape index (κ1) is 14.7. The third-order valence-electron chi connectivity index (χ3n) is 10.0. The highest BCUT2D eigenvalue weighted by Crippen LogP contribution is 2.67. The van der Waals surface area contributed by atoms with Gasteiger partial charge in [0, 0.05) is 9.60 Å². The Morgan fingerprint density at radius 1 is 1.10 bits per heavy atom. The van der Waals surface area contributed by atoms with E-state index in [2.05, 4.69) is 26.8 Å². The lowest BCUT2D eigenvalue weighted by molar-refractivity contribution is -0.0801. The normalized spacial score (nSPS) is 52.7. The molecule has 2 N–H and O–H groups in total. The van der Waals surface area contributed by atoms with Crippen LogP contribution in [-0.4, -0.2) is 22.4 Å². The average molecular weight is 410 g/mol. The second-order valence-corrected chi connectivity index (χ2v) is 11.3. The van der Waals surface area contributed by atoms with Crippen LogP contribution in [0.1, 0.15) is 108 Å². The van der Waals surface area contributed by atoms with Crippen LogP contribution < -0.4 is 0 Å². The summed E-state index contributed by atoms with van der Waals surface area (Å²) >= 11 is 0. The van der Waals surface area contributed by atoms with Gasteiger partial charge in [-0.05, 0) is 96.8 Å². The summed E-state index contributed by atoms with van der Waals surface area (Å²) in [5, 5.41) is 21.0. The number of aliphatic hydroxyl groups excluding tert-OH is 2. The van der Waals surface area contributed by atoms with Gasteiger partial charge in [0.05, 0.1) is 6.10 Å². The van der Waals surface area contributed by atoms with Crippen molar-refractivity contribution >= 4 is 0 Å². The molecule has 0 aromatic rings. The first-order valence-corrected chi connectivity index (χ1v) is 12.0. The van der Waals surface area contributed by atoms with Gasteiger partial charge in [-0.25, -0.2) is 0 Å². The van der Waals surface area contributed by atoms with Crippen molar-refractivity contribution in [3.63, 3.8) is 0 Å². The molecular formula is C27H46O2. The van der Waals surface area contributed by atoms with Gasteiger partial charge in [-0.3, -0.25) is 0 Å². The minimum atomic E-state index is -2.84. The summed E-state index contributed by atoms with van der Waals surface area (Å²) in [4.78, 5) is 0. The van der Waals surface area contributed by atoms with Gasteiger partial charge in [0.15, 0.2) is 0 Å². The Morgan fingerprint density at radius 2 is 1.90 bits per heavy atom. The fraction of sp³-hybridized carbons (Fsp3) is 0.926. The predicted molar refractivity (Wildman–Crippen MR) is 120 cm³/mol. The first-order chi connectivity index (χ1) is 16.5. The van der Waals surface area contributed by atoms with Crippen LogP contribution in [-0.2, 0) is 0 Å². The minimum absolute atomic E-state index is 0.0331. The maximum Gasteiger partial charge on any atom is 0.101 e. The monoisotopic (exact) mass is 409 g/mol. The summed E-state index contributed by atoms with van der Waals surface area (Å²) in [7, 11) is 0. The highest BCUT2D eigenvalue weighted by atomic mass is 16.3. The van der Waals surface area contributed by atoms with Crippen molar-refractivity contribution in [3.05, 3.63) is 11.6 Å². The molecule has 0 bridgehead atoms. The summed E-state index contributed by atoms with van der Waals surface area (Å²) in [6, 6.07) is 0. The summed E-state index contributed by atoms with van der Waals surface area (Å²) < 4.78 is 54.4. The van der Waals surface area contributed by atoms with Crippen LogP contribution in [0.5, 0.6) is 0 Å². The van der Waals surface area contributed by atoms with Gasteiger partial charge in [-0.2, -0.15) is 0 Å². The number of hydrogen-bond acceptors (Lipinski definition) is 2. The second-order valence-electron chi connectivity index (χ2n) is 11.3. The van der Waals surface area contributed by atoms with Gasteiger partial charge in [0.2, 0.25) is 0 Å². The van der Waals surface area contributed by atoms with Gasteiger partial charge >= 0.3 is 0 Å². The number of fused-ring (bicyclic) bond motifs is 5. The van der Waals surface area contributed by atoms with E-state index in [1.54, 1.807) is 0 Å². The molecule has 0 radical (unpaired) electrons. The number of aliphatic hydroxyl groups is 2. The molecule has 0 saturated heterocycles. The lowest BCUT2D eigenvalue weighted by Gasteiger charge is -2.59. The summed E-state index contributed by atoms with van der Waals surface area (Å²) in [6.07, 6.45) is 9.08. The van der Waals surface area contributed by atoms with Gasteiger partial charge in [-0.15, -0.1) is 0 Å². The lowest BCUT2D eigenvalue weighted by atomic mass is 9.46. The molecule has 0 aromatic carbocycles. The first-order valence-electron chi connectivity index (χ1n) is 15.5. The van der Waals surface area contributed by atoms with Crippen molar-refractivity contribution < 1.29 is 19.8 Å². The van der Waals surface area contributed by atoms with E-state index < -0.39 is 31.8 Å². The molecule has 2 nitrogen and oxygen atoms in total. The molecule has 2 heteroatoms. The summed E-state index contributed by atoms with van der Waals surface area (Å²) in [5.74, 6) is 0.187. The zero-order valence-electron chi connectivity index (χ0n) is 25.6. The Hall–Kier alpha value is -0.340. The SMILES string of the molecule is [2H]C([2H])([2H])C([2H])(CCC[C@@H](C)[C@H]1CC[C@H]2[C@@H]3CC=C4[C@@H](O)[C@@H](O)CC[C@]4(C)[C@H]3CC[C@]12C)C([2H])([2H])[2H]. The number of allylic oxidation sites excluding steroid dienone is 1. The van der Waals surface area contributed by atoms with E-state index in [1.165, 1.54) is 6.42 Å². The maximum atomic E-state index is 10.7. The summed E-state index contributed by atoms with van der Waals surface area (Å²) in [6.45, 7) is 1.32. The standard InChI is InChI=1S/C27H46O2/c1-17(2)7-6-8-18(3)20-11-12-21-19-9-10-23-25(29)24(28)14-16-27(23,5)22(19)13-15-26(20,21)4/h10,17-22,24-25,28-29H,6-9,11-16H2,1-5H3/t18-,19+,20-,21+,22+,24+,25-,26-,27-/m1/s1/i1D3,2D3,17D. The quantitative estimate of drug-likeness (QED) is 0.519. The maximum absolute atomic E-state index is 10.7. The van der Waals surface area contributed by atoms with Crippen molar-refractivity contribution in [2.24, 2.45) is 46.3 Å². The second kappa shape index (κ2) is 7.97. The van der Waals surface area contributed by atoms with E-state index >= 15 is 0 Å². The fourth-order valence-electron chi connectivity index (χ4n) is 8.50. The molecule has 3 saturated carbocycles. The highest BCUT2D eigenvalue weighted by molar-refractivity contribution is 5.29. The third-order valence-corrected chi connectivity index (χ3v) is 10.0. The molecule has 3 fully saturated rings. The van der Waals surface area contributed by atoms with Gasteiger partial charge in [0.1, 0.15) is 6.10 Å². The molecule has 0 aromatic heterocycles. The predicted octanol–water partition coefficient (Wildman–Crippen LogP) is 6.36. The Balaban J connectivity index is 1.45. The van der Waals surface area contributed by atoms with E-state index in [1.807, 2.05) is 0 Å². The summed E-state index contributed by atoms with van der Waals surface area (Å²) in [5.41, 5.74) is 1.24. The molecule has 166 valence electrons. The number of rotatable bonds is 5. The van der Waals surface area contributed by atoms with E-state index in [-0.39, 0.29) is 17.3 Å². The van der Waals surface area contributed by atoms with Crippen molar-refractivity contribution in [1.82, 2.24) is 0 Å². The molecule has 9 atom stereocenters. The molecule has 0 aliphatic heterocycles. The number of hydrogen-bond donors (Lipinski definition) is 2. The van der Waals surface area contributed by atoms with Crippen molar-refractivity contribution in [2.75, 3.05) is 0 Å². The van der Waals surface area contributed by atoms with Gasteiger partial charge < -0.3 is 10.2 Å². The Bertz CT molecular complexity index is 838. The van der Waals surface area contributed by atoms with E-state index in [9.17, 15) is 10.2 Å². The van der Waals surface area contributed by atoms with Gasteiger partial charge in [-0.1, -0.05) is 59.8 Å². The third kappa shape index (κ3) is 3.55. The van der Waals surface area contributed by atoms with Crippen molar-refractivity contribution in [1.29, 1.82) is 0 Å². The Kier molecular flexibility index (Phi) is 4.03. The fourth-order valence-corrected chi connectivity index (χ4v) is 8.50. The van der Waals surface area contributed by atoms with Crippen LogP contribution in [0.25, 0.3) is 0 Å². The van der Waals surface area contributed by atoms with E-state index in [0.29, 0.717) is 42.4 Å². The van der Waals surface area contributed by atoms with Crippen LogP contribution >= 0.6 is 0 Å². The average Bonchev–Trinajstić information content (AvgIpc) is 3.12. The molecule has 29 heavy (non-hydrogen) atoms. The van der Waals surface area contributed by atoms with Crippen LogP contribution in [0, 0.1) is 46.3 Å².